The first-order valence-corrected chi connectivity index (χ1v) is 7.17. The van der Waals surface area contributed by atoms with Crippen LogP contribution in [0.1, 0.15) is 47.1 Å². The van der Waals surface area contributed by atoms with Gasteiger partial charge in [-0.05, 0) is 24.5 Å². The number of carbonyl (C=O) groups excluding carboxylic acids is 1. The third-order valence-electron chi connectivity index (χ3n) is 3.55. The lowest BCUT2D eigenvalue weighted by Crippen LogP contribution is -2.27. The number of rotatable bonds is 5. The van der Waals surface area contributed by atoms with E-state index in [-0.39, 0.29) is 11.9 Å². The van der Waals surface area contributed by atoms with Crippen molar-refractivity contribution in [3.05, 3.63) is 52.8 Å². The molecule has 1 heterocycles. The van der Waals surface area contributed by atoms with Crippen LogP contribution in [0.2, 0.25) is 0 Å². The number of hydrogen-bond donors (Lipinski definition) is 2. The monoisotopic (exact) mass is 286 g/mol. The average molecular weight is 286 g/mol. The van der Waals surface area contributed by atoms with E-state index in [0.717, 1.165) is 23.2 Å². The number of nitrogens with zero attached hydrogens (tertiary/aromatic N) is 2. The first-order valence-electron chi connectivity index (χ1n) is 7.17. The number of benzene rings is 1. The van der Waals surface area contributed by atoms with E-state index in [1.165, 1.54) is 0 Å². The molecule has 0 radical (unpaired) electrons. The molecular weight excluding hydrogens is 264 g/mol. The standard InChI is InChI=1S/C16H22N4O/c1-4-15-14(10-20(3)19-15)16(21)18-11(2)13-7-5-12(9-17)6-8-13/h5-8,10-11H,4,9,17H2,1-3H3,(H,18,21). The van der Waals surface area contributed by atoms with Crippen LogP contribution in [0.25, 0.3) is 0 Å². The number of nitrogens with two attached hydrogens (primary N) is 1. The Hall–Kier alpha value is -2.14. The summed E-state index contributed by atoms with van der Waals surface area (Å²) >= 11 is 0. The molecule has 0 aliphatic heterocycles. The molecule has 0 fully saturated rings. The first kappa shape index (κ1) is 15.3. The van der Waals surface area contributed by atoms with E-state index < -0.39 is 0 Å². The molecule has 2 rings (SSSR count). The Bertz CT molecular complexity index is 616. The van der Waals surface area contributed by atoms with Crippen LogP contribution in [-0.2, 0) is 20.0 Å². The van der Waals surface area contributed by atoms with Crippen LogP contribution >= 0.6 is 0 Å². The summed E-state index contributed by atoms with van der Waals surface area (Å²) < 4.78 is 1.68. The SMILES string of the molecule is CCc1nn(C)cc1C(=O)NC(C)c1ccc(CN)cc1. The topological polar surface area (TPSA) is 72.9 Å². The lowest BCUT2D eigenvalue weighted by molar-refractivity contribution is 0.0939. The number of hydrogen-bond acceptors (Lipinski definition) is 3. The molecule has 0 saturated carbocycles. The zero-order chi connectivity index (χ0) is 15.4. The summed E-state index contributed by atoms with van der Waals surface area (Å²) in [7, 11) is 1.82. The minimum Gasteiger partial charge on any atom is -0.345 e. The van der Waals surface area contributed by atoms with Gasteiger partial charge in [-0.2, -0.15) is 5.10 Å². The highest BCUT2D eigenvalue weighted by Crippen LogP contribution is 2.15. The summed E-state index contributed by atoms with van der Waals surface area (Å²) in [6.07, 6.45) is 2.50. The van der Waals surface area contributed by atoms with Crippen LogP contribution in [0.15, 0.2) is 30.5 Å². The van der Waals surface area contributed by atoms with Gasteiger partial charge in [-0.3, -0.25) is 9.48 Å². The van der Waals surface area contributed by atoms with Gasteiger partial charge < -0.3 is 11.1 Å². The number of aryl methyl sites for hydroxylation is 2. The van der Waals surface area contributed by atoms with Crippen LogP contribution < -0.4 is 11.1 Å². The molecule has 0 aliphatic carbocycles. The molecule has 0 saturated heterocycles. The molecular formula is C16H22N4O. The predicted octanol–water partition coefficient (Wildman–Crippen LogP) is 1.93. The van der Waals surface area contributed by atoms with E-state index in [4.69, 9.17) is 5.73 Å². The van der Waals surface area contributed by atoms with Crippen molar-refractivity contribution in [3.8, 4) is 0 Å². The minimum atomic E-state index is -0.0876. The highest BCUT2D eigenvalue weighted by molar-refractivity contribution is 5.95. The van der Waals surface area contributed by atoms with E-state index in [2.05, 4.69) is 10.4 Å². The summed E-state index contributed by atoms with van der Waals surface area (Å²) in [5.74, 6) is -0.0876. The molecule has 5 nitrogen and oxygen atoms in total. The van der Waals surface area contributed by atoms with Crippen LogP contribution in [0.3, 0.4) is 0 Å². The van der Waals surface area contributed by atoms with Crippen molar-refractivity contribution >= 4 is 5.91 Å². The Kier molecular flexibility index (Phi) is 4.75. The molecule has 21 heavy (non-hydrogen) atoms. The Balaban J connectivity index is 2.10. The van der Waals surface area contributed by atoms with Crippen molar-refractivity contribution in [2.24, 2.45) is 12.8 Å². The molecule has 0 bridgehead atoms. The molecule has 5 heteroatoms. The number of amides is 1. The van der Waals surface area contributed by atoms with Gasteiger partial charge >= 0.3 is 0 Å². The van der Waals surface area contributed by atoms with Crippen molar-refractivity contribution < 1.29 is 4.79 Å². The number of nitrogens with one attached hydrogen (secondary N) is 1. The van der Waals surface area contributed by atoms with Crippen molar-refractivity contribution in [1.82, 2.24) is 15.1 Å². The lowest BCUT2D eigenvalue weighted by atomic mass is 10.1. The van der Waals surface area contributed by atoms with E-state index in [0.29, 0.717) is 12.1 Å². The fourth-order valence-electron chi connectivity index (χ4n) is 2.29. The van der Waals surface area contributed by atoms with Gasteiger partial charge in [-0.15, -0.1) is 0 Å². The quantitative estimate of drug-likeness (QED) is 0.882. The Morgan fingerprint density at radius 1 is 1.38 bits per heavy atom. The van der Waals surface area contributed by atoms with Crippen molar-refractivity contribution in [1.29, 1.82) is 0 Å². The number of aromatic nitrogens is 2. The van der Waals surface area contributed by atoms with Gasteiger partial charge in [0.1, 0.15) is 0 Å². The van der Waals surface area contributed by atoms with E-state index in [1.54, 1.807) is 10.9 Å². The highest BCUT2D eigenvalue weighted by Gasteiger charge is 2.16. The third kappa shape index (κ3) is 3.49. The summed E-state index contributed by atoms with van der Waals surface area (Å²) in [5.41, 5.74) is 9.19. The second kappa shape index (κ2) is 6.54. The predicted molar refractivity (Wildman–Crippen MR) is 82.8 cm³/mol. The summed E-state index contributed by atoms with van der Waals surface area (Å²) in [6, 6.07) is 7.90. The van der Waals surface area contributed by atoms with Gasteiger partial charge in [-0.25, -0.2) is 0 Å². The van der Waals surface area contributed by atoms with Gasteiger partial charge in [0.25, 0.3) is 5.91 Å². The smallest absolute Gasteiger partial charge is 0.255 e. The Morgan fingerprint density at radius 3 is 2.62 bits per heavy atom. The summed E-state index contributed by atoms with van der Waals surface area (Å²) in [5, 5.41) is 7.31. The highest BCUT2D eigenvalue weighted by atomic mass is 16.1. The molecule has 1 atom stereocenters. The molecule has 1 amide bonds. The second-order valence-corrected chi connectivity index (χ2v) is 5.16. The van der Waals surface area contributed by atoms with Crippen molar-refractivity contribution in [2.45, 2.75) is 32.9 Å². The van der Waals surface area contributed by atoms with Crippen molar-refractivity contribution in [2.75, 3.05) is 0 Å². The fraction of sp³-hybridized carbons (Fsp3) is 0.375. The van der Waals surface area contributed by atoms with E-state index in [9.17, 15) is 4.79 Å². The first-order chi connectivity index (χ1) is 10.0. The summed E-state index contributed by atoms with van der Waals surface area (Å²) in [6.45, 7) is 4.49. The van der Waals surface area contributed by atoms with Crippen LogP contribution in [0.4, 0.5) is 0 Å². The third-order valence-corrected chi connectivity index (χ3v) is 3.55. The second-order valence-electron chi connectivity index (χ2n) is 5.16. The molecule has 0 spiro atoms. The maximum Gasteiger partial charge on any atom is 0.255 e. The van der Waals surface area contributed by atoms with Crippen LogP contribution in [-0.4, -0.2) is 15.7 Å². The molecule has 1 unspecified atom stereocenters. The zero-order valence-electron chi connectivity index (χ0n) is 12.8. The average Bonchev–Trinajstić information content (AvgIpc) is 2.88. The molecule has 112 valence electrons. The molecule has 3 N–H and O–H groups in total. The fourth-order valence-corrected chi connectivity index (χ4v) is 2.29. The lowest BCUT2D eigenvalue weighted by Gasteiger charge is -2.14. The van der Waals surface area contributed by atoms with Gasteiger partial charge in [-0.1, -0.05) is 31.2 Å². The normalized spacial score (nSPS) is 12.2. The zero-order valence-corrected chi connectivity index (χ0v) is 12.8. The largest absolute Gasteiger partial charge is 0.345 e. The Labute approximate surface area is 125 Å². The molecule has 2 aromatic rings. The maximum absolute atomic E-state index is 12.4. The minimum absolute atomic E-state index is 0.0609. The Morgan fingerprint density at radius 2 is 2.05 bits per heavy atom. The van der Waals surface area contributed by atoms with E-state index >= 15 is 0 Å². The van der Waals surface area contributed by atoms with Gasteiger partial charge in [0, 0.05) is 19.8 Å². The summed E-state index contributed by atoms with van der Waals surface area (Å²) in [4.78, 5) is 12.4. The molecule has 1 aromatic heterocycles. The molecule has 1 aromatic carbocycles. The molecule has 0 aliphatic rings. The number of carbonyl (C=O) groups is 1. The van der Waals surface area contributed by atoms with Crippen molar-refractivity contribution in [3.63, 3.8) is 0 Å². The van der Waals surface area contributed by atoms with Crippen LogP contribution in [0.5, 0.6) is 0 Å². The van der Waals surface area contributed by atoms with E-state index in [1.807, 2.05) is 45.2 Å². The van der Waals surface area contributed by atoms with Crippen LogP contribution in [0, 0.1) is 0 Å². The van der Waals surface area contributed by atoms with Gasteiger partial charge in [0.15, 0.2) is 0 Å². The van der Waals surface area contributed by atoms with Gasteiger partial charge in [0.05, 0.1) is 17.3 Å². The maximum atomic E-state index is 12.4. The van der Waals surface area contributed by atoms with Gasteiger partial charge in [0.2, 0.25) is 0 Å².